The van der Waals surface area contributed by atoms with Gasteiger partial charge in [-0.2, -0.15) is 8.42 Å². The minimum Gasteiger partial charge on any atom is -0.396 e. The van der Waals surface area contributed by atoms with Gasteiger partial charge in [-0.25, -0.2) is 9.44 Å². The van der Waals surface area contributed by atoms with Gasteiger partial charge in [0.05, 0.1) is 0 Å². The highest BCUT2D eigenvalue weighted by atomic mass is 32.2. The molecule has 5 nitrogen and oxygen atoms in total. The molecule has 0 spiro atoms. The summed E-state index contributed by atoms with van der Waals surface area (Å²) in [7, 11) is -3.36. The van der Waals surface area contributed by atoms with Crippen LogP contribution in [0.1, 0.15) is 20.3 Å². The average molecular weight is 210 g/mol. The van der Waals surface area contributed by atoms with Crippen LogP contribution in [0.5, 0.6) is 0 Å². The summed E-state index contributed by atoms with van der Waals surface area (Å²) in [6.07, 6.45) is 0.433. The molecule has 0 atom stereocenters. The normalized spacial score (nSPS) is 12.3. The zero-order valence-electron chi connectivity index (χ0n) is 8.08. The van der Waals surface area contributed by atoms with E-state index in [0.29, 0.717) is 13.0 Å². The van der Waals surface area contributed by atoms with Gasteiger partial charge in [-0.05, 0) is 12.3 Å². The van der Waals surface area contributed by atoms with Gasteiger partial charge in [0.1, 0.15) is 0 Å². The molecule has 0 unspecified atom stereocenters. The van der Waals surface area contributed by atoms with Gasteiger partial charge < -0.3 is 5.11 Å². The first-order valence-corrected chi connectivity index (χ1v) is 5.81. The van der Waals surface area contributed by atoms with E-state index < -0.39 is 10.2 Å². The monoisotopic (exact) mass is 210 g/mol. The lowest BCUT2D eigenvalue weighted by Crippen LogP contribution is -2.38. The number of hydrogen-bond acceptors (Lipinski definition) is 3. The topological polar surface area (TPSA) is 78.4 Å². The third-order valence-corrected chi connectivity index (χ3v) is 2.44. The van der Waals surface area contributed by atoms with Crippen molar-refractivity contribution < 1.29 is 13.5 Å². The third-order valence-electron chi connectivity index (χ3n) is 1.31. The molecule has 0 fully saturated rings. The van der Waals surface area contributed by atoms with Crippen LogP contribution in [0.15, 0.2) is 0 Å². The van der Waals surface area contributed by atoms with Gasteiger partial charge in [0.2, 0.25) is 0 Å². The highest BCUT2D eigenvalue weighted by Crippen LogP contribution is 1.89. The Morgan fingerprint density at radius 3 is 2.38 bits per heavy atom. The van der Waals surface area contributed by atoms with Crippen molar-refractivity contribution in [2.45, 2.75) is 20.3 Å². The van der Waals surface area contributed by atoms with Crippen LogP contribution in [0.25, 0.3) is 0 Å². The molecular weight excluding hydrogens is 192 g/mol. The maximum absolute atomic E-state index is 11.1. The fraction of sp³-hybridized carbons (Fsp3) is 1.00. The summed E-state index contributed by atoms with van der Waals surface area (Å²) in [6.45, 7) is 4.54. The van der Waals surface area contributed by atoms with Gasteiger partial charge >= 0.3 is 0 Å². The molecule has 0 bridgehead atoms. The van der Waals surface area contributed by atoms with Crippen molar-refractivity contribution in [1.29, 1.82) is 0 Å². The van der Waals surface area contributed by atoms with Gasteiger partial charge in [-0.1, -0.05) is 13.8 Å². The predicted octanol–water partition coefficient (Wildman–Crippen LogP) is -0.551. The van der Waals surface area contributed by atoms with E-state index in [1.165, 1.54) is 0 Å². The van der Waals surface area contributed by atoms with Crippen LogP contribution in [-0.2, 0) is 10.2 Å². The van der Waals surface area contributed by atoms with Crippen molar-refractivity contribution in [1.82, 2.24) is 9.44 Å². The van der Waals surface area contributed by atoms with Gasteiger partial charge in [0.15, 0.2) is 0 Å². The first-order valence-electron chi connectivity index (χ1n) is 4.33. The van der Waals surface area contributed by atoms with E-state index in [1.54, 1.807) is 0 Å². The molecule has 0 amide bonds. The maximum atomic E-state index is 11.1. The molecule has 0 aromatic carbocycles. The van der Waals surface area contributed by atoms with Crippen molar-refractivity contribution in [3.63, 3.8) is 0 Å². The summed E-state index contributed by atoms with van der Waals surface area (Å²) in [6, 6.07) is 0. The molecule has 0 aromatic rings. The van der Waals surface area contributed by atoms with Crippen LogP contribution in [0, 0.1) is 5.92 Å². The standard InChI is InChI=1S/C7H18N2O3S/c1-7(2)6-9-13(11,12)8-4-3-5-10/h7-10H,3-6H2,1-2H3. The van der Waals surface area contributed by atoms with Crippen molar-refractivity contribution in [2.75, 3.05) is 19.7 Å². The lowest BCUT2D eigenvalue weighted by atomic mass is 10.2. The van der Waals surface area contributed by atoms with Gasteiger partial charge in [0.25, 0.3) is 10.2 Å². The van der Waals surface area contributed by atoms with Crippen molar-refractivity contribution in [3.05, 3.63) is 0 Å². The van der Waals surface area contributed by atoms with Crippen LogP contribution in [0.3, 0.4) is 0 Å². The Kier molecular flexibility index (Phi) is 6.23. The molecule has 3 N–H and O–H groups in total. The molecule has 0 rings (SSSR count). The Morgan fingerprint density at radius 2 is 1.92 bits per heavy atom. The quantitative estimate of drug-likeness (QED) is 0.493. The Morgan fingerprint density at radius 1 is 1.31 bits per heavy atom. The lowest BCUT2D eigenvalue weighted by Gasteiger charge is -2.09. The molecule has 0 aliphatic carbocycles. The second kappa shape index (κ2) is 6.31. The molecule has 80 valence electrons. The Balaban J connectivity index is 3.68. The van der Waals surface area contributed by atoms with Crippen LogP contribution < -0.4 is 9.44 Å². The minimum absolute atomic E-state index is 0.00724. The van der Waals surface area contributed by atoms with E-state index in [2.05, 4.69) is 9.44 Å². The van der Waals surface area contributed by atoms with Crippen LogP contribution in [-0.4, -0.2) is 33.2 Å². The van der Waals surface area contributed by atoms with Crippen LogP contribution in [0.2, 0.25) is 0 Å². The second-order valence-corrected chi connectivity index (χ2v) is 4.80. The largest absolute Gasteiger partial charge is 0.396 e. The van der Waals surface area contributed by atoms with E-state index in [9.17, 15) is 8.42 Å². The molecule has 0 aromatic heterocycles. The summed E-state index contributed by atoms with van der Waals surface area (Å²) in [4.78, 5) is 0. The molecular formula is C7H18N2O3S. The summed E-state index contributed by atoms with van der Waals surface area (Å²) in [5, 5.41) is 8.43. The maximum Gasteiger partial charge on any atom is 0.276 e. The number of hydrogen-bond donors (Lipinski definition) is 3. The van der Waals surface area contributed by atoms with Gasteiger partial charge in [-0.15, -0.1) is 0 Å². The molecule has 0 aliphatic heterocycles. The summed E-state index contributed by atoms with van der Waals surface area (Å²) in [5.41, 5.74) is 0. The van der Waals surface area contributed by atoms with E-state index in [0.717, 1.165) is 0 Å². The molecule has 0 radical (unpaired) electrons. The smallest absolute Gasteiger partial charge is 0.276 e. The van der Waals surface area contributed by atoms with E-state index in [4.69, 9.17) is 5.11 Å². The van der Waals surface area contributed by atoms with Crippen LogP contribution >= 0.6 is 0 Å². The average Bonchev–Trinajstić information content (AvgIpc) is 2.02. The molecule has 0 saturated heterocycles. The van der Waals surface area contributed by atoms with Gasteiger partial charge in [0, 0.05) is 19.7 Å². The first kappa shape index (κ1) is 12.8. The zero-order valence-corrected chi connectivity index (χ0v) is 8.89. The second-order valence-electron chi connectivity index (χ2n) is 3.22. The van der Waals surface area contributed by atoms with E-state index in [-0.39, 0.29) is 19.1 Å². The zero-order chi connectivity index (χ0) is 10.3. The van der Waals surface area contributed by atoms with E-state index in [1.807, 2.05) is 13.8 Å². The van der Waals surface area contributed by atoms with Crippen LogP contribution in [0.4, 0.5) is 0 Å². The fourth-order valence-electron chi connectivity index (χ4n) is 0.613. The first-order chi connectivity index (χ1) is 5.98. The summed E-state index contributed by atoms with van der Waals surface area (Å²) < 4.78 is 26.9. The Hall–Kier alpha value is -0.170. The predicted molar refractivity (Wildman–Crippen MR) is 51.5 cm³/mol. The molecule has 0 saturated carbocycles. The molecule has 13 heavy (non-hydrogen) atoms. The number of rotatable bonds is 7. The minimum atomic E-state index is -3.36. The van der Waals surface area contributed by atoms with Crippen molar-refractivity contribution >= 4 is 10.2 Å². The Bertz CT molecular complexity index is 214. The number of aliphatic hydroxyl groups excluding tert-OH is 1. The number of aliphatic hydroxyl groups is 1. The third kappa shape index (κ3) is 8.17. The Labute approximate surface area is 79.7 Å². The summed E-state index contributed by atoms with van der Waals surface area (Å²) >= 11 is 0. The summed E-state index contributed by atoms with van der Waals surface area (Å²) in [5.74, 6) is 0.286. The highest BCUT2D eigenvalue weighted by molar-refractivity contribution is 7.87. The van der Waals surface area contributed by atoms with Crippen molar-refractivity contribution in [2.24, 2.45) is 5.92 Å². The van der Waals surface area contributed by atoms with E-state index >= 15 is 0 Å². The SMILES string of the molecule is CC(C)CNS(=O)(=O)NCCCO. The van der Waals surface area contributed by atoms with Crippen molar-refractivity contribution in [3.8, 4) is 0 Å². The molecule has 6 heteroatoms. The lowest BCUT2D eigenvalue weighted by molar-refractivity contribution is 0.289. The highest BCUT2D eigenvalue weighted by Gasteiger charge is 2.07. The molecule has 0 aliphatic rings. The molecule has 0 heterocycles. The fourth-order valence-corrected chi connectivity index (χ4v) is 1.68. The van der Waals surface area contributed by atoms with Gasteiger partial charge in [-0.3, -0.25) is 0 Å². The number of nitrogens with one attached hydrogen (secondary N) is 2.